The first-order valence-corrected chi connectivity index (χ1v) is 7.96. The van der Waals surface area contributed by atoms with Crippen molar-refractivity contribution in [3.63, 3.8) is 0 Å². The average Bonchev–Trinajstić information content (AvgIpc) is 2.52. The number of carbonyl (C=O) groups excluding carboxylic acids is 1. The highest BCUT2D eigenvalue weighted by molar-refractivity contribution is 6.35. The van der Waals surface area contributed by atoms with Crippen molar-refractivity contribution in [2.75, 3.05) is 13.2 Å². The number of amides is 1. The molecule has 0 fully saturated rings. The quantitative estimate of drug-likeness (QED) is 0.815. The first-order chi connectivity index (χ1) is 11.0. The van der Waals surface area contributed by atoms with Crippen LogP contribution in [-0.4, -0.2) is 35.3 Å². The van der Waals surface area contributed by atoms with Crippen LogP contribution in [0.15, 0.2) is 30.5 Å². The fourth-order valence-electron chi connectivity index (χ4n) is 2.28. The van der Waals surface area contributed by atoms with E-state index >= 15 is 0 Å². The molecule has 0 bridgehead atoms. The van der Waals surface area contributed by atoms with Gasteiger partial charge in [-0.05, 0) is 36.6 Å². The fourth-order valence-corrected chi connectivity index (χ4v) is 2.50. The summed E-state index contributed by atoms with van der Waals surface area (Å²) in [5.41, 5.74) is 0.618. The number of carbonyl (C=O) groups is 1. The van der Waals surface area contributed by atoms with Crippen LogP contribution in [0.25, 0.3) is 10.9 Å². The van der Waals surface area contributed by atoms with Crippen molar-refractivity contribution in [1.82, 2.24) is 10.3 Å². The minimum atomic E-state index is -0.544. The minimum absolute atomic E-state index is 0.137. The van der Waals surface area contributed by atoms with Gasteiger partial charge in [0.2, 0.25) is 0 Å². The zero-order valence-corrected chi connectivity index (χ0v) is 14.0. The largest absolute Gasteiger partial charge is 0.481 e. The van der Waals surface area contributed by atoms with Crippen molar-refractivity contribution in [2.45, 2.75) is 26.4 Å². The number of benzene rings is 1. The van der Waals surface area contributed by atoms with Gasteiger partial charge in [-0.3, -0.25) is 9.78 Å². The van der Waals surface area contributed by atoms with Crippen molar-refractivity contribution < 1.29 is 14.6 Å². The lowest BCUT2D eigenvalue weighted by Gasteiger charge is -2.14. The van der Waals surface area contributed by atoms with Crippen LogP contribution < -0.4 is 10.1 Å². The molecule has 1 aromatic heterocycles. The molecule has 0 aliphatic heterocycles. The molecule has 1 atom stereocenters. The van der Waals surface area contributed by atoms with E-state index in [9.17, 15) is 9.90 Å². The third kappa shape index (κ3) is 5.08. The standard InChI is InChI=1S/C17H21ClN2O3/c1-11(2)8-12(21)9-20-16(22)10-23-15-6-5-14(18)13-4-3-7-19-17(13)15/h3-7,11-12,21H,8-10H2,1-2H3,(H,20,22). The number of rotatable bonds is 7. The molecule has 1 amide bonds. The van der Waals surface area contributed by atoms with Gasteiger partial charge in [0.15, 0.2) is 6.61 Å². The van der Waals surface area contributed by atoms with Crippen LogP contribution in [0.1, 0.15) is 20.3 Å². The van der Waals surface area contributed by atoms with Crippen LogP contribution in [0, 0.1) is 5.92 Å². The molecule has 1 unspecified atom stereocenters. The maximum Gasteiger partial charge on any atom is 0.258 e. The predicted octanol–water partition coefficient (Wildman–Crippen LogP) is 2.79. The molecule has 0 saturated heterocycles. The fraction of sp³-hybridized carbons (Fsp3) is 0.412. The monoisotopic (exact) mass is 336 g/mol. The number of ether oxygens (including phenoxy) is 1. The SMILES string of the molecule is CC(C)CC(O)CNC(=O)COc1ccc(Cl)c2cccnc12. The van der Waals surface area contributed by atoms with E-state index in [4.69, 9.17) is 16.3 Å². The minimum Gasteiger partial charge on any atom is -0.481 e. The number of nitrogens with one attached hydrogen (secondary N) is 1. The zero-order valence-electron chi connectivity index (χ0n) is 13.3. The molecule has 23 heavy (non-hydrogen) atoms. The normalized spacial score (nSPS) is 12.4. The molecular formula is C17H21ClN2O3. The Kier molecular flexibility index (Phi) is 6.19. The van der Waals surface area contributed by atoms with Crippen LogP contribution in [-0.2, 0) is 4.79 Å². The number of halogens is 1. The lowest BCUT2D eigenvalue weighted by Crippen LogP contribution is -2.35. The molecule has 0 spiro atoms. The molecule has 2 aromatic rings. The van der Waals surface area contributed by atoms with Gasteiger partial charge in [0.05, 0.1) is 11.1 Å². The number of nitrogens with zero attached hydrogens (tertiary/aromatic N) is 1. The third-order valence-corrected chi connectivity index (χ3v) is 3.65. The Morgan fingerprint density at radius 1 is 1.39 bits per heavy atom. The summed E-state index contributed by atoms with van der Waals surface area (Å²) in [5.74, 6) is 0.597. The van der Waals surface area contributed by atoms with E-state index in [1.54, 1.807) is 24.4 Å². The summed E-state index contributed by atoms with van der Waals surface area (Å²) >= 11 is 6.12. The van der Waals surface area contributed by atoms with E-state index in [1.165, 1.54) is 0 Å². The summed E-state index contributed by atoms with van der Waals surface area (Å²) in [6, 6.07) is 7.05. The molecule has 2 rings (SSSR count). The van der Waals surface area contributed by atoms with Crippen LogP contribution in [0.3, 0.4) is 0 Å². The topological polar surface area (TPSA) is 71.5 Å². The molecule has 5 nitrogen and oxygen atoms in total. The van der Waals surface area contributed by atoms with E-state index in [2.05, 4.69) is 10.3 Å². The van der Waals surface area contributed by atoms with Gasteiger partial charge in [-0.15, -0.1) is 0 Å². The summed E-state index contributed by atoms with van der Waals surface area (Å²) < 4.78 is 5.53. The van der Waals surface area contributed by atoms with Gasteiger partial charge in [-0.2, -0.15) is 0 Å². The third-order valence-electron chi connectivity index (χ3n) is 3.32. The Morgan fingerprint density at radius 3 is 2.91 bits per heavy atom. The van der Waals surface area contributed by atoms with Crippen LogP contribution in [0.2, 0.25) is 5.02 Å². The molecule has 1 aromatic carbocycles. The molecule has 0 radical (unpaired) electrons. The van der Waals surface area contributed by atoms with Gasteiger partial charge >= 0.3 is 0 Å². The lowest BCUT2D eigenvalue weighted by molar-refractivity contribution is -0.123. The second-order valence-electron chi connectivity index (χ2n) is 5.82. The zero-order chi connectivity index (χ0) is 16.8. The molecular weight excluding hydrogens is 316 g/mol. The molecule has 2 N–H and O–H groups in total. The average molecular weight is 337 g/mol. The first kappa shape index (κ1) is 17.5. The number of pyridine rings is 1. The van der Waals surface area contributed by atoms with Crippen LogP contribution >= 0.6 is 11.6 Å². The second-order valence-corrected chi connectivity index (χ2v) is 6.23. The van der Waals surface area contributed by atoms with E-state index < -0.39 is 6.10 Å². The van der Waals surface area contributed by atoms with Gasteiger partial charge < -0.3 is 15.2 Å². The maximum atomic E-state index is 11.8. The highest BCUT2D eigenvalue weighted by Crippen LogP contribution is 2.29. The Hall–Kier alpha value is -1.85. The predicted molar refractivity (Wildman–Crippen MR) is 90.7 cm³/mol. The van der Waals surface area contributed by atoms with E-state index in [1.807, 2.05) is 19.9 Å². The number of hydrogen-bond acceptors (Lipinski definition) is 4. The molecule has 0 saturated carbocycles. The summed E-state index contributed by atoms with van der Waals surface area (Å²) in [4.78, 5) is 16.1. The number of fused-ring (bicyclic) bond motifs is 1. The number of aliphatic hydroxyl groups is 1. The maximum absolute atomic E-state index is 11.8. The number of aliphatic hydroxyl groups excluding tert-OH is 1. The van der Waals surface area contributed by atoms with E-state index in [0.29, 0.717) is 28.6 Å². The van der Waals surface area contributed by atoms with Gasteiger partial charge in [-0.25, -0.2) is 0 Å². The number of hydrogen-bond donors (Lipinski definition) is 2. The van der Waals surface area contributed by atoms with E-state index in [-0.39, 0.29) is 19.1 Å². The summed E-state index contributed by atoms with van der Waals surface area (Å²) in [5, 5.41) is 13.8. The smallest absolute Gasteiger partial charge is 0.258 e. The van der Waals surface area contributed by atoms with Crippen LogP contribution in [0.4, 0.5) is 0 Å². The Balaban J connectivity index is 1.91. The second kappa shape index (κ2) is 8.13. The molecule has 0 aliphatic rings. The Bertz CT molecular complexity index is 676. The highest BCUT2D eigenvalue weighted by atomic mass is 35.5. The van der Waals surface area contributed by atoms with E-state index in [0.717, 1.165) is 5.39 Å². The van der Waals surface area contributed by atoms with Crippen LogP contribution in [0.5, 0.6) is 5.75 Å². The van der Waals surface area contributed by atoms with Crippen molar-refractivity contribution in [1.29, 1.82) is 0 Å². The molecule has 0 aliphatic carbocycles. The van der Waals surface area contributed by atoms with Crippen molar-refractivity contribution in [3.8, 4) is 5.75 Å². The lowest BCUT2D eigenvalue weighted by atomic mass is 10.1. The summed E-state index contributed by atoms with van der Waals surface area (Å²) in [6.45, 7) is 4.13. The Labute approximate surface area is 140 Å². The highest BCUT2D eigenvalue weighted by Gasteiger charge is 2.11. The van der Waals surface area contributed by atoms with Gasteiger partial charge in [-0.1, -0.05) is 25.4 Å². The molecule has 124 valence electrons. The number of aromatic nitrogens is 1. The van der Waals surface area contributed by atoms with Crippen molar-refractivity contribution in [2.24, 2.45) is 5.92 Å². The first-order valence-electron chi connectivity index (χ1n) is 7.58. The Morgan fingerprint density at radius 2 is 2.17 bits per heavy atom. The van der Waals surface area contributed by atoms with Crippen molar-refractivity contribution in [3.05, 3.63) is 35.5 Å². The van der Waals surface area contributed by atoms with Gasteiger partial charge in [0, 0.05) is 18.1 Å². The molecule has 1 heterocycles. The van der Waals surface area contributed by atoms with Gasteiger partial charge in [0.1, 0.15) is 11.3 Å². The molecule has 6 heteroatoms. The summed E-state index contributed by atoms with van der Waals surface area (Å²) in [6.07, 6.45) is 1.75. The van der Waals surface area contributed by atoms with Crippen molar-refractivity contribution >= 4 is 28.4 Å². The summed E-state index contributed by atoms with van der Waals surface area (Å²) in [7, 11) is 0. The van der Waals surface area contributed by atoms with Gasteiger partial charge in [0.25, 0.3) is 5.91 Å².